The average molecular weight is 378 g/mol. The number of hydrogen-bond acceptors (Lipinski definition) is 7. The van der Waals surface area contributed by atoms with Crippen molar-refractivity contribution < 1.29 is 0 Å². The van der Waals surface area contributed by atoms with Crippen LogP contribution in [-0.4, -0.2) is 61.9 Å². The predicted molar refractivity (Wildman–Crippen MR) is 106 cm³/mol. The van der Waals surface area contributed by atoms with Crippen molar-refractivity contribution in [2.24, 2.45) is 0 Å². The molecule has 1 aliphatic heterocycles. The molecule has 146 valence electrons. The van der Waals surface area contributed by atoms with Gasteiger partial charge in [-0.1, -0.05) is 0 Å². The van der Waals surface area contributed by atoms with Crippen molar-refractivity contribution in [2.45, 2.75) is 44.6 Å². The minimum Gasteiger partial charge on any atom is -0.347 e. The maximum Gasteiger partial charge on any atom is 0.224 e. The van der Waals surface area contributed by atoms with Crippen molar-refractivity contribution in [3.63, 3.8) is 0 Å². The van der Waals surface area contributed by atoms with Gasteiger partial charge in [0.1, 0.15) is 0 Å². The van der Waals surface area contributed by atoms with Crippen LogP contribution in [0.3, 0.4) is 0 Å². The van der Waals surface area contributed by atoms with Crippen molar-refractivity contribution in [2.75, 3.05) is 32.1 Å². The van der Waals surface area contributed by atoms with Gasteiger partial charge in [0.2, 0.25) is 5.95 Å². The lowest BCUT2D eigenvalue weighted by atomic mass is 9.96. The molecule has 0 bridgehead atoms. The van der Waals surface area contributed by atoms with Crippen LogP contribution in [0.4, 0.5) is 5.95 Å². The van der Waals surface area contributed by atoms with E-state index in [1.807, 2.05) is 35.9 Å². The third-order valence-electron chi connectivity index (χ3n) is 5.89. The smallest absolute Gasteiger partial charge is 0.224 e. The summed E-state index contributed by atoms with van der Waals surface area (Å²) in [7, 11) is 3.91. The Morgan fingerprint density at radius 2 is 1.86 bits per heavy atom. The second kappa shape index (κ2) is 7.09. The van der Waals surface area contributed by atoms with E-state index in [-0.39, 0.29) is 0 Å². The summed E-state index contributed by atoms with van der Waals surface area (Å²) in [6, 6.07) is 2.18. The fourth-order valence-corrected chi connectivity index (χ4v) is 4.32. The Balaban J connectivity index is 1.25. The van der Waals surface area contributed by atoms with Crippen molar-refractivity contribution in [3.8, 4) is 0 Å². The number of aryl methyl sites for hydroxylation is 2. The first-order valence-electron chi connectivity index (χ1n) is 10.1. The lowest BCUT2D eigenvalue weighted by Crippen LogP contribution is -2.33. The van der Waals surface area contributed by atoms with Gasteiger partial charge in [-0.3, -0.25) is 4.90 Å². The first-order valence-corrected chi connectivity index (χ1v) is 10.1. The van der Waals surface area contributed by atoms with Crippen LogP contribution in [0.5, 0.6) is 0 Å². The normalized spacial score (nSPS) is 17.9. The monoisotopic (exact) mass is 378 g/mol. The van der Waals surface area contributed by atoms with E-state index in [0.717, 1.165) is 68.3 Å². The number of anilines is 1. The Bertz CT molecular complexity index is 970. The molecule has 8 nitrogen and oxygen atoms in total. The van der Waals surface area contributed by atoms with Gasteiger partial charge in [0.05, 0.1) is 5.69 Å². The molecule has 3 aromatic heterocycles. The van der Waals surface area contributed by atoms with E-state index in [4.69, 9.17) is 5.10 Å². The van der Waals surface area contributed by atoms with Crippen LogP contribution in [0, 0.1) is 0 Å². The van der Waals surface area contributed by atoms with Gasteiger partial charge >= 0.3 is 0 Å². The molecule has 4 heterocycles. The molecule has 28 heavy (non-hydrogen) atoms. The van der Waals surface area contributed by atoms with E-state index in [2.05, 4.69) is 31.1 Å². The van der Waals surface area contributed by atoms with E-state index in [1.54, 1.807) is 0 Å². The molecule has 0 aromatic carbocycles. The molecule has 8 heteroatoms. The van der Waals surface area contributed by atoms with Gasteiger partial charge in [-0.05, 0) is 56.8 Å². The number of piperidine rings is 1. The molecule has 0 N–H and O–H groups in total. The largest absolute Gasteiger partial charge is 0.347 e. The Morgan fingerprint density at radius 1 is 1.07 bits per heavy atom. The lowest BCUT2D eigenvalue weighted by molar-refractivity contribution is 0.200. The fraction of sp³-hybridized carbons (Fsp3) is 0.550. The number of nitrogens with zero attached hydrogens (tertiary/aromatic N) is 8. The summed E-state index contributed by atoms with van der Waals surface area (Å²) in [4.78, 5) is 13.2. The standard InChI is InChI=1S/C20H26N8/c1-26(2)20-21-11-14(12-22-20)13-27-8-6-15(7-9-27)19-24-23-18-10-16-4-3-5-17(16)25-28(18)19/h10-12,15H,3-9,13H2,1-2H3. The SMILES string of the molecule is CN(C)c1ncc(CN2CCC(c3nnc4cc5c(nn34)CCC5)CC2)cn1. The maximum atomic E-state index is 4.86. The number of rotatable bonds is 4. The summed E-state index contributed by atoms with van der Waals surface area (Å²) in [5, 5.41) is 13.8. The number of fused-ring (bicyclic) bond motifs is 2. The van der Waals surface area contributed by atoms with E-state index in [9.17, 15) is 0 Å². The van der Waals surface area contributed by atoms with Crippen molar-refractivity contribution in [1.82, 2.24) is 34.7 Å². The Morgan fingerprint density at radius 3 is 2.61 bits per heavy atom. The van der Waals surface area contributed by atoms with Crippen molar-refractivity contribution >= 4 is 11.6 Å². The fourth-order valence-electron chi connectivity index (χ4n) is 4.32. The number of likely N-dealkylation sites (tertiary alicyclic amines) is 1. The number of aromatic nitrogens is 6. The van der Waals surface area contributed by atoms with Gasteiger partial charge in [0.15, 0.2) is 11.5 Å². The minimum absolute atomic E-state index is 0.422. The van der Waals surface area contributed by atoms with Gasteiger partial charge in [0, 0.05) is 44.5 Å². The molecular weight excluding hydrogens is 352 g/mol. The Labute approximate surface area is 164 Å². The molecule has 5 rings (SSSR count). The summed E-state index contributed by atoms with van der Waals surface area (Å²) in [5.74, 6) is 2.20. The highest BCUT2D eigenvalue weighted by molar-refractivity contribution is 5.43. The van der Waals surface area contributed by atoms with Crippen LogP contribution in [0.25, 0.3) is 5.65 Å². The zero-order valence-electron chi connectivity index (χ0n) is 16.5. The molecule has 2 aliphatic rings. The topological polar surface area (TPSA) is 75.3 Å². The summed E-state index contributed by atoms with van der Waals surface area (Å²) < 4.78 is 2.00. The van der Waals surface area contributed by atoms with Crippen LogP contribution < -0.4 is 4.90 Å². The van der Waals surface area contributed by atoms with Gasteiger partial charge in [0.25, 0.3) is 0 Å². The van der Waals surface area contributed by atoms with Gasteiger partial charge in [-0.15, -0.1) is 10.2 Å². The van der Waals surface area contributed by atoms with Crippen LogP contribution >= 0.6 is 0 Å². The van der Waals surface area contributed by atoms with Gasteiger partial charge in [-0.25, -0.2) is 9.97 Å². The highest BCUT2D eigenvalue weighted by atomic mass is 15.4. The van der Waals surface area contributed by atoms with Crippen LogP contribution in [0.2, 0.25) is 0 Å². The zero-order valence-corrected chi connectivity index (χ0v) is 16.5. The summed E-state index contributed by atoms with van der Waals surface area (Å²) in [6.45, 7) is 2.98. The molecule has 0 saturated carbocycles. The molecule has 1 fully saturated rings. The van der Waals surface area contributed by atoms with E-state index in [0.29, 0.717) is 5.92 Å². The van der Waals surface area contributed by atoms with Gasteiger partial charge in [-0.2, -0.15) is 9.61 Å². The quantitative estimate of drug-likeness (QED) is 0.686. The number of hydrogen-bond donors (Lipinski definition) is 0. The van der Waals surface area contributed by atoms with Crippen molar-refractivity contribution in [1.29, 1.82) is 0 Å². The molecule has 0 radical (unpaired) electrons. The molecule has 0 atom stereocenters. The first kappa shape index (κ1) is 17.5. The molecule has 3 aromatic rings. The van der Waals surface area contributed by atoms with Crippen LogP contribution in [0.15, 0.2) is 18.5 Å². The van der Waals surface area contributed by atoms with Gasteiger partial charge < -0.3 is 4.90 Å². The zero-order chi connectivity index (χ0) is 19.1. The Kier molecular flexibility index (Phi) is 4.43. The minimum atomic E-state index is 0.422. The van der Waals surface area contributed by atoms with Crippen LogP contribution in [-0.2, 0) is 19.4 Å². The molecule has 0 unspecified atom stereocenters. The van der Waals surface area contributed by atoms with Crippen molar-refractivity contribution in [3.05, 3.63) is 41.1 Å². The average Bonchev–Trinajstić information content (AvgIpc) is 3.33. The van der Waals surface area contributed by atoms with Crippen LogP contribution in [0.1, 0.15) is 47.8 Å². The third kappa shape index (κ3) is 3.22. The summed E-state index contributed by atoms with van der Waals surface area (Å²) in [6.07, 6.45) is 9.44. The molecule has 0 spiro atoms. The summed E-state index contributed by atoms with van der Waals surface area (Å²) >= 11 is 0. The molecular formula is C20H26N8. The third-order valence-corrected chi connectivity index (χ3v) is 5.89. The predicted octanol–water partition coefficient (Wildman–Crippen LogP) is 1.85. The highest BCUT2D eigenvalue weighted by Gasteiger charge is 2.26. The second-order valence-corrected chi connectivity index (χ2v) is 8.13. The molecule has 1 saturated heterocycles. The maximum absolute atomic E-state index is 4.86. The second-order valence-electron chi connectivity index (χ2n) is 8.13. The summed E-state index contributed by atoms with van der Waals surface area (Å²) in [5.41, 5.74) is 4.64. The Hall–Kier alpha value is -2.61. The molecule has 0 amide bonds. The first-order chi connectivity index (χ1) is 13.7. The van der Waals surface area contributed by atoms with E-state index >= 15 is 0 Å². The molecule has 1 aliphatic carbocycles. The lowest BCUT2D eigenvalue weighted by Gasteiger charge is -2.30. The van der Waals surface area contributed by atoms with E-state index < -0.39 is 0 Å². The highest BCUT2D eigenvalue weighted by Crippen LogP contribution is 2.29. The van der Waals surface area contributed by atoms with E-state index in [1.165, 1.54) is 17.7 Å².